The van der Waals surface area contributed by atoms with Crippen molar-refractivity contribution in [1.82, 2.24) is 4.90 Å². The molecule has 5 aromatic rings. The molecule has 324 valence electrons. The van der Waals surface area contributed by atoms with Crippen molar-refractivity contribution in [3.63, 3.8) is 0 Å². The van der Waals surface area contributed by atoms with Crippen molar-refractivity contribution in [2.75, 3.05) is 60.6 Å². The Labute approximate surface area is 380 Å². The van der Waals surface area contributed by atoms with Crippen LogP contribution in [0.4, 0.5) is 5.69 Å². The number of anilines is 1. The van der Waals surface area contributed by atoms with E-state index in [2.05, 4.69) is 100 Å². The van der Waals surface area contributed by atoms with Gasteiger partial charge in [0, 0.05) is 75.8 Å². The molecule has 17 heteroatoms. The number of nitrogens with zero attached hydrogens (tertiary/aromatic N) is 4. The molecule has 1 fully saturated rings. The smallest absolute Gasteiger partial charge is 0.281 e. The first-order valence-corrected chi connectivity index (χ1v) is 28.0. The van der Waals surface area contributed by atoms with Gasteiger partial charge in [-0.25, -0.2) is 21.4 Å². The van der Waals surface area contributed by atoms with Gasteiger partial charge in [0.15, 0.2) is 13.1 Å². The summed E-state index contributed by atoms with van der Waals surface area (Å²) in [6, 6.07) is 20.4. The highest BCUT2D eigenvalue weighted by Gasteiger charge is 2.29. The molecule has 0 N–H and O–H groups in total. The summed E-state index contributed by atoms with van der Waals surface area (Å²) >= 11 is 8.85. The number of thiazole rings is 1. The number of hydrogen-bond acceptors (Lipinski definition) is 13. The van der Waals surface area contributed by atoms with Crippen molar-refractivity contribution in [1.29, 1.82) is 0 Å². The van der Waals surface area contributed by atoms with E-state index in [0.29, 0.717) is 19.5 Å². The molecule has 0 radical (unpaired) electrons. The van der Waals surface area contributed by atoms with Crippen LogP contribution in [-0.2, 0) is 26.8 Å². The standard InChI is InChI=1S/C31H30N2O6S5.C13H21N2S2/c1-2-21(20-28-33(16-8-18-44(37,38)39)31-30(42-28)24-11-5-6-12-25(24)41-31)19-27-32(15-7-17-43(34,35)36)29-23-10-4-3-9-22(23)13-14-26(29)40-27;1-3-14-8-10-16-12(14)6-5-7-13-15(4-2)9-11-17-13/h3-6,9-14,19-20H,2,7-8,15-18H2,1H3,(H-,34,35,36,37,38,39);5-7H,3-4,8-11H2,1-2H3/q;+1/p-1. The second kappa shape index (κ2) is 20.6. The summed E-state index contributed by atoms with van der Waals surface area (Å²) in [7, 11) is -8.66. The Morgan fingerprint density at radius 3 is 2.36 bits per heavy atom. The predicted octanol–water partition coefficient (Wildman–Crippen LogP) is 9.30. The lowest BCUT2D eigenvalue weighted by Crippen LogP contribution is -2.35. The molecule has 8 rings (SSSR count). The first kappa shape index (κ1) is 45.9. The van der Waals surface area contributed by atoms with Gasteiger partial charge < -0.3 is 18.9 Å². The van der Waals surface area contributed by atoms with Gasteiger partial charge >= 0.3 is 0 Å². The van der Waals surface area contributed by atoms with Crippen LogP contribution in [0.5, 0.6) is 0 Å². The van der Waals surface area contributed by atoms with E-state index >= 15 is 0 Å². The largest absolute Gasteiger partial charge is 0.748 e. The van der Waals surface area contributed by atoms with Crippen LogP contribution in [0, 0.1) is 0 Å². The summed E-state index contributed by atoms with van der Waals surface area (Å²) in [5, 5.41) is 8.04. The van der Waals surface area contributed by atoms with Crippen molar-refractivity contribution < 1.29 is 35.1 Å². The number of fused-ring (bicyclic) bond motifs is 6. The van der Waals surface area contributed by atoms with Crippen molar-refractivity contribution in [2.24, 2.45) is 0 Å². The molecule has 2 aromatic heterocycles. The molecule has 3 aromatic carbocycles. The van der Waals surface area contributed by atoms with Gasteiger partial charge in [-0.2, -0.15) is 4.57 Å². The highest BCUT2D eigenvalue weighted by molar-refractivity contribution is 8.14. The quantitative estimate of drug-likeness (QED) is 0.0736. The molecule has 3 aliphatic rings. The Morgan fingerprint density at radius 2 is 1.61 bits per heavy atom. The Hall–Kier alpha value is -3.13. The van der Waals surface area contributed by atoms with Gasteiger partial charge in [0.05, 0.1) is 41.7 Å². The third-order valence-corrected chi connectivity index (χ3v) is 17.8. The van der Waals surface area contributed by atoms with Crippen LogP contribution in [0.3, 0.4) is 0 Å². The zero-order chi connectivity index (χ0) is 43.1. The molecular formula is C44H50N4O6S7. The molecule has 0 saturated carbocycles. The molecule has 0 atom stereocenters. The van der Waals surface area contributed by atoms with Crippen LogP contribution in [0.1, 0.15) is 45.0 Å². The number of thioether (sulfide) groups is 3. The van der Waals surface area contributed by atoms with E-state index in [1.165, 1.54) is 34.7 Å². The van der Waals surface area contributed by atoms with Crippen molar-refractivity contribution in [3.8, 4) is 0 Å². The average Bonchev–Trinajstić information content (AvgIpc) is 4.07. The monoisotopic (exact) mass is 954 g/mol. The van der Waals surface area contributed by atoms with Crippen LogP contribution in [0.25, 0.3) is 36.5 Å². The second-order valence-corrected chi connectivity index (χ2v) is 23.0. The van der Waals surface area contributed by atoms with Crippen molar-refractivity contribution >= 4 is 125 Å². The van der Waals surface area contributed by atoms with Gasteiger partial charge in [-0.05, 0) is 61.9 Å². The lowest BCUT2D eigenvalue weighted by Gasteiger charge is -2.22. The number of thiophene rings is 1. The van der Waals surface area contributed by atoms with E-state index in [4.69, 9.17) is 0 Å². The molecule has 3 aliphatic heterocycles. The Bertz CT molecular complexity index is 2790. The molecule has 61 heavy (non-hydrogen) atoms. The average molecular weight is 955 g/mol. The molecule has 0 amide bonds. The fourth-order valence-electron chi connectivity index (χ4n) is 7.50. The van der Waals surface area contributed by atoms with E-state index in [1.54, 1.807) is 34.4 Å². The van der Waals surface area contributed by atoms with E-state index in [-0.39, 0.29) is 12.8 Å². The zero-order valence-corrected chi connectivity index (χ0v) is 40.2. The SMILES string of the molecule is CCC(/C=C1\Sc2ccc3ccccc3c2N1CCCS(=O)(=O)[O-])=C\c1sc2c3ccccc3sc2[n+]1CCCS(=O)(=O)[O-].CCN1CCS/C1=C/C=C/C1=[N+](CC)CCS1. The molecule has 1 saturated heterocycles. The van der Waals surface area contributed by atoms with Gasteiger partial charge in [-0.15, -0.1) is 11.8 Å². The summed E-state index contributed by atoms with van der Waals surface area (Å²) in [4.78, 5) is 6.67. The van der Waals surface area contributed by atoms with E-state index < -0.39 is 31.7 Å². The Balaban J connectivity index is 0.000000276. The predicted molar refractivity (Wildman–Crippen MR) is 259 cm³/mol. The van der Waals surface area contributed by atoms with Crippen LogP contribution in [0.2, 0.25) is 0 Å². The van der Waals surface area contributed by atoms with Crippen LogP contribution < -0.4 is 9.47 Å². The maximum Gasteiger partial charge on any atom is 0.281 e. The third-order valence-electron chi connectivity index (χ3n) is 10.5. The number of benzene rings is 3. The highest BCUT2D eigenvalue weighted by atomic mass is 32.2. The highest BCUT2D eigenvalue weighted by Crippen LogP contribution is 2.50. The minimum absolute atomic E-state index is 0.203. The summed E-state index contributed by atoms with van der Waals surface area (Å²) < 4.78 is 75.2. The van der Waals surface area contributed by atoms with Crippen molar-refractivity contribution in [3.05, 3.63) is 106 Å². The lowest BCUT2D eigenvalue weighted by molar-refractivity contribution is -0.666. The van der Waals surface area contributed by atoms with E-state index in [9.17, 15) is 25.9 Å². The van der Waals surface area contributed by atoms with E-state index in [0.717, 1.165) is 69.7 Å². The molecular weight excluding hydrogens is 905 g/mol. The van der Waals surface area contributed by atoms with Gasteiger partial charge in [-0.1, -0.05) is 108 Å². The fourth-order valence-corrected chi connectivity index (χ4v) is 14.6. The minimum Gasteiger partial charge on any atom is -0.748 e. The molecule has 5 heterocycles. The van der Waals surface area contributed by atoms with Crippen LogP contribution in [0.15, 0.2) is 105 Å². The van der Waals surface area contributed by atoms with Gasteiger partial charge in [-0.3, -0.25) is 0 Å². The lowest BCUT2D eigenvalue weighted by atomic mass is 10.1. The van der Waals surface area contributed by atoms with Crippen molar-refractivity contribution in [2.45, 2.75) is 51.5 Å². The summed E-state index contributed by atoms with van der Waals surface area (Å²) in [5.41, 5.74) is 2.05. The maximum absolute atomic E-state index is 11.4. The van der Waals surface area contributed by atoms with Gasteiger partial charge in [0.25, 0.3) is 9.84 Å². The first-order valence-electron chi connectivity index (χ1n) is 20.5. The topological polar surface area (TPSA) is 128 Å². The molecule has 0 unspecified atom stereocenters. The van der Waals surface area contributed by atoms with Crippen LogP contribution in [-0.4, -0.2) is 96.2 Å². The number of aryl methyl sites for hydroxylation is 1. The Kier molecular flexibility index (Phi) is 15.5. The number of hydrogen-bond donors (Lipinski definition) is 0. The summed E-state index contributed by atoms with van der Waals surface area (Å²) in [6.07, 6.45) is 12.1. The number of aromatic nitrogens is 1. The Morgan fingerprint density at radius 1 is 0.852 bits per heavy atom. The number of allylic oxidation sites excluding steroid dienone is 4. The fraction of sp³-hybridized carbons (Fsp3) is 0.364. The first-order chi connectivity index (χ1) is 29.4. The second-order valence-electron chi connectivity index (χ2n) is 14.6. The number of rotatable bonds is 15. The summed E-state index contributed by atoms with van der Waals surface area (Å²) in [6.45, 7) is 11.9. The molecule has 0 aliphatic carbocycles. The zero-order valence-electron chi connectivity index (χ0n) is 34.4. The van der Waals surface area contributed by atoms with Gasteiger partial charge in [0.1, 0.15) is 11.2 Å². The third kappa shape index (κ3) is 11.5. The maximum atomic E-state index is 11.4. The molecule has 10 nitrogen and oxygen atoms in total. The minimum atomic E-state index is -4.34. The van der Waals surface area contributed by atoms with E-state index in [1.807, 2.05) is 53.9 Å². The van der Waals surface area contributed by atoms with Crippen LogP contribution >= 0.6 is 58.0 Å². The molecule has 0 bridgehead atoms. The normalized spacial score (nSPS) is 17.6. The van der Waals surface area contributed by atoms with Gasteiger partial charge in [0.2, 0.25) is 5.04 Å². The summed E-state index contributed by atoms with van der Waals surface area (Å²) in [5.74, 6) is 1.61. The molecule has 0 spiro atoms.